The molecule has 1 aromatic carbocycles. The van der Waals surface area contributed by atoms with E-state index in [1.165, 1.54) is 0 Å². The van der Waals surface area contributed by atoms with E-state index in [9.17, 15) is 29.1 Å². The minimum absolute atomic E-state index is 0.00738. The van der Waals surface area contributed by atoms with Crippen molar-refractivity contribution in [2.24, 2.45) is 38.7 Å². The van der Waals surface area contributed by atoms with Crippen LogP contribution in [0.15, 0.2) is 40.3 Å². The summed E-state index contributed by atoms with van der Waals surface area (Å²) in [6.07, 6.45) is 0.0504. The van der Waals surface area contributed by atoms with Crippen LogP contribution in [0.4, 0.5) is 0 Å². The van der Waals surface area contributed by atoms with Gasteiger partial charge in [0, 0.05) is 25.9 Å². The van der Waals surface area contributed by atoms with Crippen LogP contribution in [0, 0.1) is 0 Å². The number of aliphatic carboxylic acids is 2. The van der Waals surface area contributed by atoms with Gasteiger partial charge in [-0.25, -0.2) is 4.79 Å². The summed E-state index contributed by atoms with van der Waals surface area (Å²) in [5.41, 5.74) is 27.8. The van der Waals surface area contributed by atoms with Gasteiger partial charge in [-0.15, -0.1) is 0 Å². The van der Waals surface area contributed by atoms with Gasteiger partial charge in [0.25, 0.3) is 0 Å². The molecule has 0 aromatic heterocycles. The third kappa shape index (κ3) is 15.6. The molecule has 1 aromatic rings. The molecule has 0 aliphatic carbocycles. The van der Waals surface area contributed by atoms with E-state index >= 15 is 0 Å². The Bertz CT molecular complexity index is 1140. The molecule has 0 aliphatic rings. The number of nitrogens with two attached hydrogens (primary N) is 5. The third-order valence-corrected chi connectivity index (χ3v) is 6.06. The number of nitrogens with zero attached hydrogens (tertiary/aromatic N) is 2. The largest absolute Gasteiger partial charge is 0.481 e. The Hall–Kier alpha value is -4.93. The number of carboxylic acid groups (broad SMARTS) is 2. The zero-order valence-corrected chi connectivity index (χ0v) is 23.8. The van der Waals surface area contributed by atoms with E-state index in [0.29, 0.717) is 5.56 Å². The maximum Gasteiger partial charge on any atom is 0.326 e. The Labute approximate surface area is 248 Å². The monoisotopic (exact) mass is 606 g/mol. The first-order valence-corrected chi connectivity index (χ1v) is 13.6. The van der Waals surface area contributed by atoms with Crippen LogP contribution < -0.4 is 44.6 Å². The number of carbonyl (C=O) groups is 5. The molecule has 1 rings (SSSR count). The van der Waals surface area contributed by atoms with Crippen molar-refractivity contribution in [1.29, 1.82) is 0 Å². The molecule has 0 saturated carbocycles. The van der Waals surface area contributed by atoms with Crippen molar-refractivity contribution in [2.75, 3.05) is 13.1 Å². The number of rotatable bonds is 20. The molecule has 4 unspecified atom stereocenters. The van der Waals surface area contributed by atoms with Crippen LogP contribution in [0.3, 0.4) is 0 Å². The van der Waals surface area contributed by atoms with E-state index in [1.54, 1.807) is 30.3 Å². The maximum atomic E-state index is 13.5. The second kappa shape index (κ2) is 19.2. The highest BCUT2D eigenvalue weighted by Gasteiger charge is 2.30. The van der Waals surface area contributed by atoms with Gasteiger partial charge in [0.05, 0.1) is 6.04 Å². The molecular formula is C26H42N10O7. The molecule has 0 saturated heterocycles. The summed E-state index contributed by atoms with van der Waals surface area (Å²) in [6.45, 7) is 0.279. The highest BCUT2D eigenvalue weighted by Crippen LogP contribution is 2.08. The average molecular weight is 607 g/mol. The van der Waals surface area contributed by atoms with E-state index < -0.39 is 53.8 Å². The number of carbonyl (C=O) groups excluding carboxylic acids is 3. The van der Waals surface area contributed by atoms with Gasteiger partial charge in [-0.1, -0.05) is 30.3 Å². The lowest BCUT2D eigenvalue weighted by atomic mass is 10.0. The minimum atomic E-state index is -1.30. The first kappa shape index (κ1) is 36.1. The zero-order valence-electron chi connectivity index (χ0n) is 23.8. The number of aliphatic imine (C=N–C) groups is 2. The molecule has 17 heteroatoms. The normalized spacial score (nSPS) is 13.3. The van der Waals surface area contributed by atoms with Gasteiger partial charge >= 0.3 is 11.9 Å². The highest BCUT2D eigenvalue weighted by molar-refractivity contribution is 5.94. The Morgan fingerprint density at radius 3 is 1.70 bits per heavy atom. The van der Waals surface area contributed by atoms with Crippen molar-refractivity contribution in [3.8, 4) is 0 Å². The van der Waals surface area contributed by atoms with Crippen molar-refractivity contribution < 1.29 is 34.2 Å². The summed E-state index contributed by atoms with van der Waals surface area (Å²) < 4.78 is 0. The van der Waals surface area contributed by atoms with Crippen molar-refractivity contribution in [3.63, 3.8) is 0 Å². The van der Waals surface area contributed by atoms with Crippen LogP contribution in [0.5, 0.6) is 0 Å². The summed E-state index contributed by atoms with van der Waals surface area (Å²) >= 11 is 0. The molecule has 0 spiro atoms. The quantitative estimate of drug-likeness (QED) is 0.0405. The van der Waals surface area contributed by atoms with E-state index in [2.05, 4.69) is 25.9 Å². The number of hydrogen-bond acceptors (Lipinski definition) is 8. The second-order valence-electron chi connectivity index (χ2n) is 9.65. The van der Waals surface area contributed by atoms with E-state index in [1.807, 2.05) is 0 Å². The lowest BCUT2D eigenvalue weighted by molar-refractivity contribution is -0.142. The summed E-state index contributed by atoms with van der Waals surface area (Å²) in [7, 11) is 0. The number of nitrogens with one attached hydrogen (secondary N) is 3. The number of benzene rings is 1. The predicted octanol–water partition coefficient (Wildman–Crippen LogP) is -2.93. The van der Waals surface area contributed by atoms with Gasteiger partial charge in [-0.05, 0) is 37.7 Å². The van der Waals surface area contributed by atoms with Gasteiger partial charge < -0.3 is 54.8 Å². The number of amides is 3. The van der Waals surface area contributed by atoms with Crippen LogP contribution in [0.25, 0.3) is 0 Å². The lowest BCUT2D eigenvalue weighted by Crippen LogP contribution is -2.57. The van der Waals surface area contributed by atoms with Crippen molar-refractivity contribution in [1.82, 2.24) is 16.0 Å². The van der Waals surface area contributed by atoms with Crippen LogP contribution in [-0.2, 0) is 30.4 Å². The zero-order chi connectivity index (χ0) is 32.4. The molecule has 0 bridgehead atoms. The average Bonchev–Trinajstić information content (AvgIpc) is 2.94. The number of hydrogen-bond donors (Lipinski definition) is 10. The Kier molecular flexibility index (Phi) is 16.1. The topological polar surface area (TPSA) is 317 Å². The summed E-state index contributed by atoms with van der Waals surface area (Å²) in [4.78, 5) is 69.7. The molecule has 238 valence electrons. The Balaban J connectivity index is 3.13. The number of guanidine groups is 2. The lowest BCUT2D eigenvalue weighted by Gasteiger charge is -2.25. The second-order valence-corrected chi connectivity index (χ2v) is 9.65. The van der Waals surface area contributed by atoms with E-state index in [0.717, 1.165) is 0 Å². The molecule has 3 amide bonds. The van der Waals surface area contributed by atoms with Gasteiger partial charge in [0.1, 0.15) is 18.1 Å². The fourth-order valence-corrected chi connectivity index (χ4v) is 3.83. The van der Waals surface area contributed by atoms with Crippen molar-refractivity contribution in [2.45, 2.75) is 69.1 Å². The molecule has 17 nitrogen and oxygen atoms in total. The predicted molar refractivity (Wildman–Crippen MR) is 158 cm³/mol. The SMILES string of the molecule is NC(N)=NCCCC(NC(=O)C(CCCN=C(N)N)NC(=O)C(Cc1ccccc1)NC(=O)C(N)CCC(=O)O)C(=O)O. The molecule has 4 atom stereocenters. The van der Waals surface area contributed by atoms with Crippen molar-refractivity contribution in [3.05, 3.63) is 35.9 Å². The molecule has 0 heterocycles. The molecular weight excluding hydrogens is 564 g/mol. The summed E-state index contributed by atoms with van der Waals surface area (Å²) in [5, 5.41) is 26.1. The molecule has 43 heavy (non-hydrogen) atoms. The Morgan fingerprint density at radius 1 is 0.698 bits per heavy atom. The van der Waals surface area contributed by atoms with Gasteiger partial charge in [-0.2, -0.15) is 0 Å². The third-order valence-electron chi connectivity index (χ3n) is 6.06. The smallest absolute Gasteiger partial charge is 0.326 e. The fraction of sp³-hybridized carbons (Fsp3) is 0.500. The molecule has 0 aliphatic heterocycles. The van der Waals surface area contributed by atoms with Crippen LogP contribution in [0.1, 0.15) is 44.1 Å². The molecule has 15 N–H and O–H groups in total. The first-order valence-electron chi connectivity index (χ1n) is 13.6. The van der Waals surface area contributed by atoms with Crippen LogP contribution in [0.2, 0.25) is 0 Å². The fourth-order valence-electron chi connectivity index (χ4n) is 3.83. The van der Waals surface area contributed by atoms with Crippen LogP contribution >= 0.6 is 0 Å². The number of carboxylic acids is 2. The van der Waals surface area contributed by atoms with Crippen LogP contribution in [-0.4, -0.2) is 89.0 Å². The van der Waals surface area contributed by atoms with Crippen molar-refractivity contribution >= 4 is 41.6 Å². The van der Waals surface area contributed by atoms with Gasteiger partial charge in [0.15, 0.2) is 11.9 Å². The van der Waals surface area contributed by atoms with Gasteiger partial charge in [-0.3, -0.25) is 29.2 Å². The highest BCUT2D eigenvalue weighted by atomic mass is 16.4. The summed E-state index contributed by atoms with van der Waals surface area (Å²) in [5.74, 6) is -5.03. The standard InChI is InChI=1S/C26H42N10O7/c27-16(10-11-20(37)38)21(39)36-19(14-15-6-2-1-3-7-15)23(41)34-17(8-4-12-32-25(28)29)22(40)35-18(24(42)43)9-5-13-33-26(30)31/h1-3,6-7,16-19H,4-5,8-14,27H2,(H,34,41)(H,35,40)(H,36,39)(H,37,38)(H,42,43)(H4,28,29,32)(H4,30,31,33). The molecule has 0 fully saturated rings. The Morgan fingerprint density at radius 2 is 1.19 bits per heavy atom. The molecule has 0 radical (unpaired) electrons. The first-order chi connectivity index (χ1) is 20.3. The minimum Gasteiger partial charge on any atom is -0.481 e. The summed E-state index contributed by atoms with van der Waals surface area (Å²) in [6, 6.07) is 3.79. The maximum absolute atomic E-state index is 13.5. The van der Waals surface area contributed by atoms with Gasteiger partial charge in [0.2, 0.25) is 17.7 Å². The van der Waals surface area contributed by atoms with E-state index in [-0.39, 0.29) is 70.0 Å². The van der Waals surface area contributed by atoms with E-state index in [4.69, 9.17) is 33.8 Å².